The summed E-state index contributed by atoms with van der Waals surface area (Å²) in [5, 5.41) is 5.39. The van der Waals surface area contributed by atoms with Gasteiger partial charge in [0.15, 0.2) is 0 Å². The maximum Gasteiger partial charge on any atom is 0.141 e. The summed E-state index contributed by atoms with van der Waals surface area (Å²) in [4.78, 5) is 0. The molecule has 0 fully saturated rings. The minimum absolute atomic E-state index is 0.873. The van der Waals surface area contributed by atoms with E-state index in [-0.39, 0.29) is 0 Å². The number of nitrogens with zero attached hydrogens (tertiary/aromatic N) is 2. The first-order chi connectivity index (χ1) is 8.34. The molecule has 17 heavy (non-hydrogen) atoms. The molecule has 0 spiro atoms. The smallest absolute Gasteiger partial charge is 0.141 e. The van der Waals surface area contributed by atoms with Gasteiger partial charge in [-0.25, -0.2) is 5.53 Å². The summed E-state index contributed by atoms with van der Waals surface area (Å²) in [6.07, 6.45) is 3.07. The van der Waals surface area contributed by atoms with Crippen LogP contribution in [0.3, 0.4) is 0 Å². The molecule has 0 bridgehead atoms. The molecule has 0 atom stereocenters. The highest BCUT2D eigenvalue weighted by Crippen LogP contribution is 2.20. The lowest BCUT2D eigenvalue weighted by atomic mass is 10.2. The Morgan fingerprint density at radius 2 is 2.18 bits per heavy atom. The van der Waals surface area contributed by atoms with E-state index in [0.717, 1.165) is 18.8 Å². The van der Waals surface area contributed by atoms with E-state index >= 15 is 0 Å². The van der Waals surface area contributed by atoms with Crippen molar-refractivity contribution < 1.29 is 0 Å². The van der Waals surface area contributed by atoms with E-state index in [2.05, 4.69) is 63.5 Å². The molecular formula is C12H15N5. The Morgan fingerprint density at radius 1 is 1.29 bits per heavy atom. The van der Waals surface area contributed by atoms with E-state index in [9.17, 15) is 0 Å². The maximum atomic E-state index is 4.07. The van der Waals surface area contributed by atoms with Crippen molar-refractivity contribution in [1.29, 1.82) is 0 Å². The molecule has 2 heterocycles. The van der Waals surface area contributed by atoms with Crippen molar-refractivity contribution in [2.45, 2.75) is 19.9 Å². The molecular weight excluding hydrogens is 214 g/mol. The van der Waals surface area contributed by atoms with Crippen molar-refractivity contribution in [3.63, 3.8) is 0 Å². The lowest BCUT2D eigenvalue weighted by Crippen LogP contribution is -2.35. The molecule has 1 aliphatic heterocycles. The zero-order valence-electron chi connectivity index (χ0n) is 9.70. The molecule has 1 aromatic heterocycles. The molecule has 1 aromatic carbocycles. The molecule has 5 nitrogen and oxygen atoms in total. The van der Waals surface area contributed by atoms with Crippen LogP contribution in [0.15, 0.2) is 35.6 Å². The van der Waals surface area contributed by atoms with E-state index in [0.29, 0.717) is 0 Å². The fraction of sp³-hybridized carbons (Fsp3) is 0.250. The normalized spacial score (nSPS) is 14.5. The second-order valence-corrected chi connectivity index (χ2v) is 4.19. The SMILES string of the molecule is Cc1cn(CCC2=NNNN2)c2ccccc12. The van der Waals surface area contributed by atoms with Crippen LogP contribution >= 0.6 is 0 Å². The summed E-state index contributed by atoms with van der Waals surface area (Å²) in [6, 6.07) is 8.47. The van der Waals surface area contributed by atoms with Crippen molar-refractivity contribution in [1.82, 2.24) is 21.1 Å². The highest BCUT2D eigenvalue weighted by molar-refractivity contribution is 5.85. The first-order valence-corrected chi connectivity index (χ1v) is 5.71. The maximum absolute atomic E-state index is 4.07. The number of rotatable bonds is 3. The highest BCUT2D eigenvalue weighted by atomic mass is 15.8. The van der Waals surface area contributed by atoms with Gasteiger partial charge in [0.2, 0.25) is 0 Å². The number of hydrogen-bond acceptors (Lipinski definition) is 4. The predicted octanol–water partition coefficient (Wildman–Crippen LogP) is 1.27. The number of nitrogens with one attached hydrogen (secondary N) is 3. The van der Waals surface area contributed by atoms with Crippen LogP contribution in [0.25, 0.3) is 10.9 Å². The molecule has 0 saturated carbocycles. The Labute approximate surface area is 99.4 Å². The van der Waals surface area contributed by atoms with Crippen molar-refractivity contribution in [3.8, 4) is 0 Å². The number of aryl methyl sites for hydroxylation is 2. The average Bonchev–Trinajstić information content (AvgIpc) is 2.96. The Hall–Kier alpha value is -2.01. The van der Waals surface area contributed by atoms with Crippen LogP contribution in [0, 0.1) is 6.92 Å². The number of benzene rings is 1. The number of hydrogen-bond donors (Lipinski definition) is 3. The Balaban J connectivity index is 1.85. The molecule has 0 amide bonds. The summed E-state index contributed by atoms with van der Waals surface area (Å²) in [7, 11) is 0. The quantitative estimate of drug-likeness (QED) is 0.743. The molecule has 0 aliphatic carbocycles. The van der Waals surface area contributed by atoms with Gasteiger partial charge in [0, 0.05) is 30.1 Å². The lowest BCUT2D eigenvalue weighted by molar-refractivity contribution is 0.575. The number of hydrazine groups is 2. The third kappa shape index (κ3) is 1.85. The van der Waals surface area contributed by atoms with Gasteiger partial charge in [0.05, 0.1) is 0 Å². The topological polar surface area (TPSA) is 53.4 Å². The molecule has 2 aromatic rings. The van der Waals surface area contributed by atoms with Gasteiger partial charge >= 0.3 is 0 Å². The zero-order chi connectivity index (χ0) is 11.7. The van der Waals surface area contributed by atoms with Gasteiger partial charge in [-0.1, -0.05) is 18.2 Å². The fourth-order valence-corrected chi connectivity index (χ4v) is 2.18. The van der Waals surface area contributed by atoms with Gasteiger partial charge in [-0.2, -0.15) is 0 Å². The second kappa shape index (κ2) is 4.10. The van der Waals surface area contributed by atoms with Crippen LogP contribution < -0.4 is 16.5 Å². The van der Waals surface area contributed by atoms with Gasteiger partial charge in [-0.3, -0.25) is 5.43 Å². The van der Waals surface area contributed by atoms with Crippen molar-refractivity contribution in [2.24, 2.45) is 5.10 Å². The van der Waals surface area contributed by atoms with Gasteiger partial charge in [-0.05, 0) is 18.6 Å². The minimum atomic E-state index is 0.873. The first-order valence-electron chi connectivity index (χ1n) is 5.71. The molecule has 3 N–H and O–H groups in total. The minimum Gasteiger partial charge on any atom is -0.347 e. The van der Waals surface area contributed by atoms with E-state index < -0.39 is 0 Å². The summed E-state index contributed by atoms with van der Waals surface area (Å²) < 4.78 is 2.27. The van der Waals surface area contributed by atoms with Crippen molar-refractivity contribution >= 4 is 16.7 Å². The second-order valence-electron chi connectivity index (χ2n) is 4.19. The van der Waals surface area contributed by atoms with Crippen LogP contribution in [0.2, 0.25) is 0 Å². The average molecular weight is 229 g/mol. The van der Waals surface area contributed by atoms with E-state index in [4.69, 9.17) is 0 Å². The highest BCUT2D eigenvalue weighted by Gasteiger charge is 2.07. The fourth-order valence-electron chi connectivity index (χ4n) is 2.18. The Bertz CT molecular complexity index is 569. The molecule has 0 radical (unpaired) electrons. The monoisotopic (exact) mass is 229 g/mol. The Morgan fingerprint density at radius 3 is 3.00 bits per heavy atom. The molecule has 1 aliphatic rings. The van der Waals surface area contributed by atoms with Crippen LogP contribution in [0.4, 0.5) is 0 Å². The third-order valence-electron chi connectivity index (χ3n) is 3.03. The number of para-hydroxylation sites is 1. The van der Waals surface area contributed by atoms with Gasteiger partial charge in [0.1, 0.15) is 5.84 Å². The van der Waals surface area contributed by atoms with Crippen LogP contribution in [-0.4, -0.2) is 10.4 Å². The molecule has 3 rings (SSSR count). The molecule has 5 heteroatoms. The summed E-state index contributed by atoms with van der Waals surface area (Å²) in [5.74, 6) is 0.931. The third-order valence-corrected chi connectivity index (χ3v) is 3.03. The number of hydrazone groups is 1. The van der Waals surface area contributed by atoms with E-state index in [1.807, 2.05) is 0 Å². The van der Waals surface area contributed by atoms with Crippen LogP contribution in [0.1, 0.15) is 12.0 Å². The zero-order valence-corrected chi connectivity index (χ0v) is 9.70. The van der Waals surface area contributed by atoms with Crippen LogP contribution in [-0.2, 0) is 6.54 Å². The van der Waals surface area contributed by atoms with Gasteiger partial charge < -0.3 is 4.57 Å². The number of fused-ring (bicyclic) bond motifs is 1. The summed E-state index contributed by atoms with van der Waals surface area (Å²) in [6.45, 7) is 3.07. The van der Waals surface area contributed by atoms with Crippen molar-refractivity contribution in [3.05, 3.63) is 36.0 Å². The van der Waals surface area contributed by atoms with Gasteiger partial charge in [-0.15, -0.1) is 10.6 Å². The standard InChI is InChI=1S/C12H15N5/c1-9-8-17(7-6-12-13-15-16-14-12)11-5-3-2-4-10(9)11/h2-5,8,15-16H,6-7H2,1H3,(H,13,14). The summed E-state index contributed by atoms with van der Waals surface area (Å²) in [5.41, 5.74) is 11.0. The predicted molar refractivity (Wildman–Crippen MR) is 68.1 cm³/mol. The first kappa shape index (κ1) is 10.2. The molecule has 0 unspecified atom stereocenters. The number of amidine groups is 1. The Kier molecular flexibility index (Phi) is 2.45. The molecule has 0 saturated heterocycles. The van der Waals surface area contributed by atoms with Crippen molar-refractivity contribution in [2.75, 3.05) is 0 Å². The van der Waals surface area contributed by atoms with E-state index in [1.165, 1.54) is 16.5 Å². The van der Waals surface area contributed by atoms with E-state index in [1.54, 1.807) is 0 Å². The number of aromatic nitrogens is 1. The summed E-state index contributed by atoms with van der Waals surface area (Å²) >= 11 is 0. The largest absolute Gasteiger partial charge is 0.347 e. The lowest BCUT2D eigenvalue weighted by Gasteiger charge is -2.04. The van der Waals surface area contributed by atoms with Gasteiger partial charge in [0.25, 0.3) is 0 Å². The van der Waals surface area contributed by atoms with Crippen LogP contribution in [0.5, 0.6) is 0 Å². The molecule has 88 valence electrons.